The highest BCUT2D eigenvalue weighted by Crippen LogP contribution is 2.37. The lowest BCUT2D eigenvalue weighted by atomic mass is 9.98. The lowest BCUT2D eigenvalue weighted by Gasteiger charge is -2.11. The van der Waals surface area contributed by atoms with Crippen molar-refractivity contribution in [2.45, 2.75) is 6.18 Å². The van der Waals surface area contributed by atoms with E-state index in [2.05, 4.69) is 15.2 Å². The minimum atomic E-state index is -4.41. The van der Waals surface area contributed by atoms with E-state index in [1.54, 1.807) is 18.5 Å². The number of nitrogens with zero attached hydrogens (tertiary/aromatic N) is 3. The van der Waals surface area contributed by atoms with Gasteiger partial charge >= 0.3 is 6.18 Å². The van der Waals surface area contributed by atoms with Crippen LogP contribution in [0.4, 0.5) is 13.2 Å². The van der Waals surface area contributed by atoms with Gasteiger partial charge in [-0.2, -0.15) is 18.3 Å². The Hall–Kier alpha value is -2.83. The first kappa shape index (κ1) is 13.8. The number of aromatic nitrogens is 4. The van der Waals surface area contributed by atoms with Gasteiger partial charge in [-0.15, -0.1) is 0 Å². The summed E-state index contributed by atoms with van der Waals surface area (Å²) in [6.45, 7) is 0. The van der Waals surface area contributed by atoms with Gasteiger partial charge in [-0.3, -0.25) is 5.10 Å². The number of imidazole rings is 1. The van der Waals surface area contributed by atoms with E-state index >= 15 is 0 Å². The average Bonchev–Trinajstić information content (AvgIpc) is 3.12. The molecule has 0 aliphatic heterocycles. The zero-order valence-corrected chi connectivity index (χ0v) is 12.0. The lowest BCUT2D eigenvalue weighted by Crippen LogP contribution is -2.05. The Morgan fingerprint density at radius 1 is 1.13 bits per heavy atom. The van der Waals surface area contributed by atoms with E-state index in [1.807, 2.05) is 17.7 Å². The SMILES string of the molecule is Cn1cnc2ccc(-c3cc(C(F)(F)F)cc4[nH]ncc34)cc21. The fourth-order valence-electron chi connectivity index (χ4n) is 2.75. The van der Waals surface area contributed by atoms with Crippen molar-refractivity contribution in [3.8, 4) is 11.1 Å². The minimum absolute atomic E-state index is 0.361. The van der Waals surface area contributed by atoms with Crippen molar-refractivity contribution in [2.24, 2.45) is 7.05 Å². The van der Waals surface area contributed by atoms with Gasteiger partial charge in [0.05, 0.1) is 34.6 Å². The molecule has 23 heavy (non-hydrogen) atoms. The van der Waals surface area contributed by atoms with Crippen LogP contribution in [0.3, 0.4) is 0 Å². The summed E-state index contributed by atoms with van der Waals surface area (Å²) in [6, 6.07) is 7.65. The number of benzene rings is 2. The molecule has 0 saturated carbocycles. The Bertz CT molecular complexity index is 1030. The molecule has 116 valence electrons. The number of hydrogen-bond donors (Lipinski definition) is 1. The number of fused-ring (bicyclic) bond motifs is 2. The van der Waals surface area contributed by atoms with Crippen LogP contribution in [-0.2, 0) is 13.2 Å². The van der Waals surface area contributed by atoms with Gasteiger partial charge in [-0.1, -0.05) is 6.07 Å². The maximum Gasteiger partial charge on any atom is 0.416 e. The van der Waals surface area contributed by atoms with E-state index in [0.29, 0.717) is 22.0 Å². The van der Waals surface area contributed by atoms with Crippen molar-refractivity contribution in [3.63, 3.8) is 0 Å². The van der Waals surface area contributed by atoms with Gasteiger partial charge in [0.1, 0.15) is 0 Å². The summed E-state index contributed by atoms with van der Waals surface area (Å²) in [5.41, 5.74) is 2.50. The quantitative estimate of drug-likeness (QED) is 0.574. The molecule has 0 amide bonds. The molecule has 2 aromatic carbocycles. The normalized spacial score (nSPS) is 12.3. The van der Waals surface area contributed by atoms with Gasteiger partial charge in [-0.25, -0.2) is 4.98 Å². The molecular formula is C16H11F3N4. The third-order valence-corrected chi connectivity index (χ3v) is 3.92. The predicted molar refractivity (Wildman–Crippen MR) is 80.8 cm³/mol. The number of alkyl halides is 3. The third kappa shape index (κ3) is 2.16. The fourth-order valence-corrected chi connectivity index (χ4v) is 2.75. The van der Waals surface area contributed by atoms with Crippen molar-refractivity contribution < 1.29 is 13.2 Å². The summed E-state index contributed by atoms with van der Waals surface area (Å²) in [4.78, 5) is 4.23. The number of aromatic amines is 1. The maximum atomic E-state index is 13.1. The van der Waals surface area contributed by atoms with Crippen molar-refractivity contribution >= 4 is 21.9 Å². The van der Waals surface area contributed by atoms with Crippen molar-refractivity contribution in [3.05, 3.63) is 48.4 Å². The number of halogens is 3. The Labute approximate surface area is 128 Å². The molecule has 2 heterocycles. The second kappa shape index (κ2) is 4.58. The molecule has 4 aromatic rings. The first-order chi connectivity index (χ1) is 10.9. The van der Waals surface area contributed by atoms with Crippen molar-refractivity contribution in [1.29, 1.82) is 0 Å². The molecule has 0 spiro atoms. The van der Waals surface area contributed by atoms with E-state index in [4.69, 9.17) is 0 Å². The monoisotopic (exact) mass is 316 g/mol. The average molecular weight is 316 g/mol. The third-order valence-electron chi connectivity index (χ3n) is 3.92. The van der Waals surface area contributed by atoms with E-state index in [0.717, 1.165) is 23.2 Å². The minimum Gasteiger partial charge on any atom is -0.334 e. The Morgan fingerprint density at radius 3 is 2.74 bits per heavy atom. The molecule has 0 aliphatic carbocycles. The predicted octanol–water partition coefficient (Wildman–Crippen LogP) is 4.14. The topological polar surface area (TPSA) is 46.5 Å². The molecule has 4 nitrogen and oxygen atoms in total. The van der Waals surface area contributed by atoms with Gasteiger partial charge in [0.15, 0.2) is 0 Å². The number of H-pyrrole nitrogens is 1. The molecule has 1 N–H and O–H groups in total. The Morgan fingerprint density at radius 2 is 1.96 bits per heavy atom. The second-order valence-corrected chi connectivity index (χ2v) is 5.41. The van der Waals surface area contributed by atoms with Crippen LogP contribution in [-0.4, -0.2) is 19.7 Å². The van der Waals surface area contributed by atoms with Crippen LogP contribution in [0.15, 0.2) is 42.9 Å². The van der Waals surface area contributed by atoms with Crippen LogP contribution in [0, 0.1) is 0 Å². The van der Waals surface area contributed by atoms with Crippen LogP contribution in [0.2, 0.25) is 0 Å². The second-order valence-electron chi connectivity index (χ2n) is 5.41. The van der Waals surface area contributed by atoms with Crippen LogP contribution >= 0.6 is 0 Å². The summed E-state index contributed by atoms with van der Waals surface area (Å²) in [7, 11) is 1.85. The van der Waals surface area contributed by atoms with Crippen molar-refractivity contribution in [2.75, 3.05) is 0 Å². The number of nitrogens with one attached hydrogen (secondary N) is 1. The molecule has 2 aromatic heterocycles. The molecule has 0 fully saturated rings. The van der Waals surface area contributed by atoms with E-state index < -0.39 is 11.7 Å². The van der Waals surface area contributed by atoms with E-state index in [-0.39, 0.29) is 0 Å². The first-order valence-electron chi connectivity index (χ1n) is 6.89. The molecule has 0 aliphatic rings. The molecular weight excluding hydrogens is 305 g/mol. The maximum absolute atomic E-state index is 13.1. The molecule has 0 unspecified atom stereocenters. The smallest absolute Gasteiger partial charge is 0.334 e. The van der Waals surface area contributed by atoms with Crippen molar-refractivity contribution in [1.82, 2.24) is 19.7 Å². The highest BCUT2D eigenvalue weighted by atomic mass is 19.4. The molecule has 4 rings (SSSR count). The van der Waals surface area contributed by atoms with Crippen LogP contribution < -0.4 is 0 Å². The van der Waals surface area contributed by atoms with Gasteiger partial charge < -0.3 is 4.57 Å². The zero-order chi connectivity index (χ0) is 16.2. The van der Waals surface area contributed by atoms with Gasteiger partial charge in [-0.05, 0) is 35.4 Å². The number of aryl methyl sites for hydroxylation is 1. The molecule has 0 atom stereocenters. The molecule has 0 radical (unpaired) electrons. The largest absolute Gasteiger partial charge is 0.416 e. The van der Waals surface area contributed by atoms with Crippen LogP contribution in [0.25, 0.3) is 33.1 Å². The Balaban J connectivity index is 2.02. The molecule has 0 saturated heterocycles. The Kier molecular flexibility index (Phi) is 2.75. The molecule has 0 bridgehead atoms. The zero-order valence-electron chi connectivity index (χ0n) is 12.0. The van der Waals surface area contributed by atoms with Gasteiger partial charge in [0, 0.05) is 12.4 Å². The summed E-state index contributed by atoms with van der Waals surface area (Å²) in [6.07, 6.45) is -1.20. The van der Waals surface area contributed by atoms with E-state index in [9.17, 15) is 13.2 Å². The van der Waals surface area contributed by atoms with E-state index in [1.165, 1.54) is 6.20 Å². The van der Waals surface area contributed by atoms with Gasteiger partial charge in [0.2, 0.25) is 0 Å². The lowest BCUT2D eigenvalue weighted by molar-refractivity contribution is -0.137. The molecule has 7 heteroatoms. The number of hydrogen-bond acceptors (Lipinski definition) is 2. The van der Waals surface area contributed by atoms with Crippen LogP contribution in [0.1, 0.15) is 5.56 Å². The first-order valence-corrected chi connectivity index (χ1v) is 6.89. The van der Waals surface area contributed by atoms with Gasteiger partial charge in [0.25, 0.3) is 0 Å². The fraction of sp³-hybridized carbons (Fsp3) is 0.125. The number of rotatable bonds is 1. The van der Waals surface area contributed by atoms with Crippen LogP contribution in [0.5, 0.6) is 0 Å². The highest BCUT2D eigenvalue weighted by Gasteiger charge is 2.31. The summed E-state index contributed by atoms with van der Waals surface area (Å²) in [5, 5.41) is 7.14. The summed E-state index contributed by atoms with van der Waals surface area (Å²) >= 11 is 0. The summed E-state index contributed by atoms with van der Waals surface area (Å²) in [5.74, 6) is 0. The highest BCUT2D eigenvalue weighted by molar-refractivity contribution is 5.97. The summed E-state index contributed by atoms with van der Waals surface area (Å²) < 4.78 is 41.2. The standard InChI is InChI=1S/C16H11F3N4/c1-23-8-20-13-3-2-9(4-15(13)23)11-5-10(16(17,18)19)6-14-12(11)7-21-22-14/h2-8H,1H3,(H,21,22).